The molecule has 0 fully saturated rings. The van der Waals surface area contributed by atoms with E-state index in [1.807, 2.05) is 19.9 Å². The minimum Gasteiger partial charge on any atom is -0.396 e. The number of anilines is 1. The van der Waals surface area contributed by atoms with Crippen molar-refractivity contribution in [2.45, 2.75) is 46.5 Å². The van der Waals surface area contributed by atoms with Crippen molar-refractivity contribution in [3.8, 4) is 0 Å². The van der Waals surface area contributed by atoms with Gasteiger partial charge in [-0.15, -0.1) is 0 Å². The van der Waals surface area contributed by atoms with E-state index < -0.39 is 0 Å². The Hall–Kier alpha value is -2.15. The standard InChI is InChI=1S/C19H33N5O2/c1-4-6-16(10-12-25)14-23-19(20-5-2)21-11-9-18(26)24-17-8-7-15(3)13-22-17/h7-8,13,16,25H,4-6,9-12,14H2,1-3H3,(H2,20,21,23)(H,22,24,26). The second kappa shape index (κ2) is 13.1. The molecule has 7 heteroatoms. The Bertz CT molecular complexity index is 539. The van der Waals surface area contributed by atoms with Crippen LogP contribution in [0.5, 0.6) is 0 Å². The number of hydrogen-bond acceptors (Lipinski definition) is 4. The van der Waals surface area contributed by atoms with Crippen LogP contribution in [0.4, 0.5) is 5.82 Å². The molecule has 26 heavy (non-hydrogen) atoms. The highest BCUT2D eigenvalue weighted by Gasteiger charge is 2.08. The fraction of sp³-hybridized carbons (Fsp3) is 0.632. The molecule has 0 aliphatic carbocycles. The van der Waals surface area contributed by atoms with Crippen LogP contribution in [0.15, 0.2) is 23.3 Å². The van der Waals surface area contributed by atoms with E-state index in [2.05, 4.69) is 32.9 Å². The maximum atomic E-state index is 12.0. The van der Waals surface area contributed by atoms with Crippen molar-refractivity contribution < 1.29 is 9.90 Å². The largest absolute Gasteiger partial charge is 0.396 e. The topological polar surface area (TPSA) is 98.6 Å². The molecule has 0 saturated carbocycles. The van der Waals surface area contributed by atoms with Gasteiger partial charge in [-0.1, -0.05) is 19.4 Å². The molecular weight excluding hydrogens is 330 g/mol. The molecular formula is C19H33N5O2. The van der Waals surface area contributed by atoms with E-state index in [4.69, 9.17) is 5.11 Å². The van der Waals surface area contributed by atoms with Gasteiger partial charge in [-0.05, 0) is 44.2 Å². The van der Waals surface area contributed by atoms with Crippen LogP contribution in [0, 0.1) is 12.8 Å². The van der Waals surface area contributed by atoms with Crippen molar-refractivity contribution in [2.75, 3.05) is 31.6 Å². The van der Waals surface area contributed by atoms with Crippen LogP contribution in [0.25, 0.3) is 0 Å². The molecule has 1 amide bonds. The van der Waals surface area contributed by atoms with E-state index in [1.165, 1.54) is 0 Å². The molecule has 1 aromatic heterocycles. The van der Waals surface area contributed by atoms with Gasteiger partial charge in [0.1, 0.15) is 5.82 Å². The number of carbonyl (C=O) groups excluding carboxylic acids is 1. The van der Waals surface area contributed by atoms with E-state index in [1.54, 1.807) is 12.3 Å². The number of aryl methyl sites for hydroxylation is 1. The summed E-state index contributed by atoms with van der Waals surface area (Å²) >= 11 is 0. The Morgan fingerprint density at radius 3 is 2.69 bits per heavy atom. The average Bonchev–Trinajstić information content (AvgIpc) is 2.62. The van der Waals surface area contributed by atoms with Gasteiger partial charge in [-0.3, -0.25) is 9.79 Å². The van der Waals surface area contributed by atoms with Crippen molar-refractivity contribution in [3.63, 3.8) is 0 Å². The Kier molecular flexibility index (Phi) is 11.0. The third-order valence-electron chi connectivity index (χ3n) is 3.91. The van der Waals surface area contributed by atoms with Crippen molar-refractivity contribution in [3.05, 3.63) is 23.9 Å². The Morgan fingerprint density at radius 1 is 1.27 bits per heavy atom. The summed E-state index contributed by atoms with van der Waals surface area (Å²) in [5.74, 6) is 1.56. The van der Waals surface area contributed by atoms with Crippen molar-refractivity contribution >= 4 is 17.7 Å². The van der Waals surface area contributed by atoms with Gasteiger partial charge in [-0.25, -0.2) is 4.98 Å². The molecule has 0 aliphatic rings. The SMILES string of the molecule is CCCC(CCO)CN=C(NCC)NCCC(=O)Nc1ccc(C)cn1. The fourth-order valence-electron chi connectivity index (χ4n) is 2.52. The summed E-state index contributed by atoms with van der Waals surface area (Å²) in [7, 11) is 0. The lowest BCUT2D eigenvalue weighted by atomic mass is 10.0. The van der Waals surface area contributed by atoms with Crippen LogP contribution < -0.4 is 16.0 Å². The maximum Gasteiger partial charge on any atom is 0.227 e. The molecule has 0 spiro atoms. The molecule has 7 nitrogen and oxygen atoms in total. The number of amides is 1. The van der Waals surface area contributed by atoms with E-state index >= 15 is 0 Å². The van der Waals surface area contributed by atoms with Gasteiger partial charge in [0.2, 0.25) is 5.91 Å². The molecule has 0 bridgehead atoms. The van der Waals surface area contributed by atoms with Crippen LogP contribution >= 0.6 is 0 Å². The van der Waals surface area contributed by atoms with Gasteiger partial charge < -0.3 is 21.1 Å². The van der Waals surface area contributed by atoms with E-state index in [-0.39, 0.29) is 12.5 Å². The molecule has 1 unspecified atom stereocenters. The number of aliphatic hydroxyl groups excluding tert-OH is 1. The van der Waals surface area contributed by atoms with Gasteiger partial charge in [0.05, 0.1) is 0 Å². The highest BCUT2D eigenvalue weighted by Crippen LogP contribution is 2.11. The highest BCUT2D eigenvalue weighted by atomic mass is 16.3. The average molecular weight is 364 g/mol. The Balaban J connectivity index is 2.42. The Labute approximate surface area is 156 Å². The zero-order chi connectivity index (χ0) is 19.2. The first-order chi connectivity index (χ1) is 12.6. The molecule has 1 heterocycles. The number of aliphatic imine (C=N–C) groups is 1. The summed E-state index contributed by atoms with van der Waals surface area (Å²) in [4.78, 5) is 20.7. The van der Waals surface area contributed by atoms with Crippen molar-refractivity contribution in [1.29, 1.82) is 0 Å². The smallest absolute Gasteiger partial charge is 0.227 e. The Morgan fingerprint density at radius 2 is 2.08 bits per heavy atom. The third kappa shape index (κ3) is 9.36. The first-order valence-electron chi connectivity index (χ1n) is 9.44. The van der Waals surface area contributed by atoms with Crippen LogP contribution in [-0.2, 0) is 4.79 Å². The second-order valence-electron chi connectivity index (χ2n) is 6.33. The quantitative estimate of drug-likeness (QED) is 0.356. The second-order valence-corrected chi connectivity index (χ2v) is 6.33. The lowest BCUT2D eigenvalue weighted by molar-refractivity contribution is -0.116. The first-order valence-corrected chi connectivity index (χ1v) is 9.44. The minimum absolute atomic E-state index is 0.0890. The first kappa shape index (κ1) is 21.9. The van der Waals surface area contributed by atoms with E-state index in [0.717, 1.165) is 31.4 Å². The molecule has 4 N–H and O–H groups in total. The van der Waals surface area contributed by atoms with Gasteiger partial charge in [0.15, 0.2) is 5.96 Å². The zero-order valence-electron chi connectivity index (χ0n) is 16.2. The number of pyridine rings is 1. The summed E-state index contributed by atoms with van der Waals surface area (Å²) < 4.78 is 0. The molecule has 1 aromatic rings. The van der Waals surface area contributed by atoms with Crippen LogP contribution in [0.1, 0.15) is 45.1 Å². The summed E-state index contributed by atoms with van der Waals surface area (Å²) in [5, 5.41) is 18.3. The number of rotatable bonds is 11. The molecule has 146 valence electrons. The summed E-state index contributed by atoms with van der Waals surface area (Å²) in [6, 6.07) is 3.71. The molecule has 0 aliphatic heterocycles. The van der Waals surface area contributed by atoms with Gasteiger partial charge in [0, 0.05) is 38.9 Å². The maximum absolute atomic E-state index is 12.0. The van der Waals surface area contributed by atoms with Crippen LogP contribution in [0.2, 0.25) is 0 Å². The van der Waals surface area contributed by atoms with Crippen molar-refractivity contribution in [1.82, 2.24) is 15.6 Å². The highest BCUT2D eigenvalue weighted by molar-refractivity contribution is 5.90. The minimum atomic E-state index is -0.0890. The molecule has 0 saturated heterocycles. The predicted octanol–water partition coefficient (Wildman–Crippen LogP) is 2.07. The lowest BCUT2D eigenvalue weighted by Crippen LogP contribution is -2.39. The molecule has 0 radical (unpaired) electrons. The molecule has 1 atom stereocenters. The summed E-state index contributed by atoms with van der Waals surface area (Å²) in [5.41, 5.74) is 1.05. The monoisotopic (exact) mass is 363 g/mol. The molecule has 0 aromatic carbocycles. The van der Waals surface area contributed by atoms with Gasteiger partial charge in [0.25, 0.3) is 0 Å². The number of hydrogen-bond donors (Lipinski definition) is 4. The predicted molar refractivity (Wildman–Crippen MR) is 106 cm³/mol. The third-order valence-corrected chi connectivity index (χ3v) is 3.91. The van der Waals surface area contributed by atoms with Gasteiger partial charge >= 0.3 is 0 Å². The zero-order valence-corrected chi connectivity index (χ0v) is 16.2. The van der Waals surface area contributed by atoms with E-state index in [0.29, 0.717) is 37.2 Å². The lowest BCUT2D eigenvalue weighted by Gasteiger charge is -2.15. The number of aliphatic hydroxyl groups is 1. The van der Waals surface area contributed by atoms with Gasteiger partial charge in [-0.2, -0.15) is 0 Å². The number of aromatic nitrogens is 1. The number of carbonyl (C=O) groups is 1. The number of nitrogens with zero attached hydrogens (tertiary/aromatic N) is 2. The van der Waals surface area contributed by atoms with Crippen LogP contribution in [-0.4, -0.2) is 48.2 Å². The van der Waals surface area contributed by atoms with Crippen LogP contribution in [0.3, 0.4) is 0 Å². The number of nitrogens with one attached hydrogen (secondary N) is 3. The molecule has 1 rings (SSSR count). The van der Waals surface area contributed by atoms with Crippen molar-refractivity contribution in [2.24, 2.45) is 10.9 Å². The summed E-state index contributed by atoms with van der Waals surface area (Å²) in [6.07, 6.45) is 4.95. The number of guanidine groups is 1. The normalized spacial score (nSPS) is 12.5. The fourth-order valence-corrected chi connectivity index (χ4v) is 2.52. The summed E-state index contributed by atoms with van der Waals surface area (Å²) in [6.45, 7) is 8.20. The van der Waals surface area contributed by atoms with E-state index in [9.17, 15) is 4.79 Å².